The van der Waals surface area contributed by atoms with Crippen molar-refractivity contribution in [2.45, 2.75) is 25.7 Å². The summed E-state index contributed by atoms with van der Waals surface area (Å²) in [5, 5.41) is 48.1. The largest absolute Gasteiger partial charge is 0.481 e. The van der Waals surface area contributed by atoms with Crippen LogP contribution in [0.25, 0.3) is 0 Å². The number of carbonyl (C=O) groups is 4. The molecule has 0 atom stereocenters. The summed E-state index contributed by atoms with van der Waals surface area (Å²) in [7, 11) is 0. The van der Waals surface area contributed by atoms with Crippen molar-refractivity contribution in [3.8, 4) is 0 Å². The number of hydrogen-bond acceptors (Lipinski definition) is 7. The van der Waals surface area contributed by atoms with Crippen LogP contribution in [0.4, 0.5) is 0 Å². The minimum absolute atomic E-state index is 0.0278. The molecule has 11 nitrogen and oxygen atoms in total. The van der Waals surface area contributed by atoms with E-state index in [1.54, 1.807) is 0 Å². The fourth-order valence-electron chi connectivity index (χ4n) is 0.926. The highest BCUT2D eigenvalue weighted by atomic mass is 16.5. The molecule has 0 bridgehead atoms. The van der Waals surface area contributed by atoms with Crippen LogP contribution in [0, 0.1) is 0 Å². The van der Waals surface area contributed by atoms with Gasteiger partial charge in [0.15, 0.2) is 0 Å². The third-order valence-electron chi connectivity index (χ3n) is 1.87. The lowest BCUT2D eigenvalue weighted by Crippen LogP contribution is -2.03. The SMILES string of the molecule is O=C(O)C=CC(=O)O.O=C(O)CCCCC(=O)O.OCCOCCO. The van der Waals surface area contributed by atoms with E-state index < -0.39 is 23.9 Å². The molecule has 0 aromatic carbocycles. The predicted octanol–water partition coefficient (Wildman–Crippen LogP) is -0.585. The number of ether oxygens (including phenoxy) is 1. The van der Waals surface area contributed by atoms with E-state index in [1.807, 2.05) is 0 Å². The Morgan fingerprint density at radius 2 is 1.00 bits per heavy atom. The number of aliphatic hydroxyl groups is 2. The Hall–Kier alpha value is -2.50. The van der Waals surface area contributed by atoms with Crippen LogP contribution in [-0.4, -0.2) is 80.9 Å². The van der Waals surface area contributed by atoms with Crippen molar-refractivity contribution in [2.75, 3.05) is 26.4 Å². The summed E-state index contributed by atoms with van der Waals surface area (Å²) in [5.41, 5.74) is 0. The summed E-state index contributed by atoms with van der Waals surface area (Å²) in [6.07, 6.45) is 2.13. The van der Waals surface area contributed by atoms with Crippen molar-refractivity contribution in [1.29, 1.82) is 0 Å². The van der Waals surface area contributed by atoms with Gasteiger partial charge in [-0.1, -0.05) is 0 Å². The van der Waals surface area contributed by atoms with Crippen molar-refractivity contribution >= 4 is 23.9 Å². The number of aliphatic carboxylic acids is 4. The first-order valence-electron chi connectivity index (χ1n) is 7.04. The fraction of sp³-hybridized carbons (Fsp3) is 0.571. The monoisotopic (exact) mass is 368 g/mol. The van der Waals surface area contributed by atoms with Crippen LogP contribution in [0.5, 0.6) is 0 Å². The molecule has 0 amide bonds. The molecule has 0 unspecified atom stereocenters. The van der Waals surface area contributed by atoms with E-state index in [2.05, 4.69) is 4.74 Å². The maximum Gasteiger partial charge on any atom is 0.328 e. The van der Waals surface area contributed by atoms with Gasteiger partial charge in [0.2, 0.25) is 0 Å². The van der Waals surface area contributed by atoms with Crippen LogP contribution in [0.15, 0.2) is 12.2 Å². The number of rotatable bonds is 11. The van der Waals surface area contributed by atoms with Crippen molar-refractivity contribution in [3.63, 3.8) is 0 Å². The van der Waals surface area contributed by atoms with Crippen molar-refractivity contribution in [3.05, 3.63) is 12.2 Å². The Balaban J connectivity index is -0.000000296. The van der Waals surface area contributed by atoms with Gasteiger partial charge in [0.05, 0.1) is 26.4 Å². The van der Waals surface area contributed by atoms with Gasteiger partial charge in [-0.2, -0.15) is 0 Å². The Morgan fingerprint density at radius 1 is 0.680 bits per heavy atom. The van der Waals surface area contributed by atoms with Crippen LogP contribution >= 0.6 is 0 Å². The molecule has 0 saturated heterocycles. The van der Waals surface area contributed by atoms with E-state index in [1.165, 1.54) is 0 Å². The third kappa shape index (κ3) is 44.9. The van der Waals surface area contributed by atoms with Gasteiger partial charge in [0.25, 0.3) is 0 Å². The van der Waals surface area contributed by atoms with Crippen LogP contribution in [0.1, 0.15) is 25.7 Å². The van der Waals surface area contributed by atoms with Gasteiger partial charge >= 0.3 is 23.9 Å². The first kappa shape index (κ1) is 27.4. The van der Waals surface area contributed by atoms with E-state index in [0.29, 0.717) is 38.2 Å². The van der Waals surface area contributed by atoms with Crippen molar-refractivity contribution < 1.29 is 54.6 Å². The lowest BCUT2D eigenvalue weighted by atomic mass is 10.2. The lowest BCUT2D eigenvalue weighted by molar-refractivity contribution is -0.139. The second-order valence-electron chi connectivity index (χ2n) is 4.06. The third-order valence-corrected chi connectivity index (χ3v) is 1.87. The molecule has 0 aliphatic heterocycles. The minimum Gasteiger partial charge on any atom is -0.481 e. The smallest absolute Gasteiger partial charge is 0.328 e. The topological polar surface area (TPSA) is 199 Å². The number of aliphatic hydroxyl groups excluding tert-OH is 2. The Labute approximate surface area is 143 Å². The molecule has 6 N–H and O–H groups in total. The zero-order valence-corrected chi connectivity index (χ0v) is 13.5. The summed E-state index contributed by atoms with van der Waals surface area (Å²) in [5.74, 6) is -4.25. The molecule has 0 aromatic rings. The number of carboxylic acids is 4. The molecular formula is C14H24O11. The van der Waals surface area contributed by atoms with Crippen molar-refractivity contribution in [2.24, 2.45) is 0 Å². The quantitative estimate of drug-likeness (QED) is 0.201. The molecule has 0 radical (unpaired) electrons. The lowest BCUT2D eigenvalue weighted by Gasteiger charge is -1.94. The molecule has 0 aliphatic carbocycles. The number of hydrogen-bond donors (Lipinski definition) is 6. The zero-order valence-electron chi connectivity index (χ0n) is 13.5. The summed E-state index contributed by atoms with van der Waals surface area (Å²) in [4.78, 5) is 38.9. The average Bonchev–Trinajstić information content (AvgIpc) is 2.51. The van der Waals surface area contributed by atoms with E-state index in [9.17, 15) is 19.2 Å². The zero-order chi connectivity index (χ0) is 20.1. The average molecular weight is 368 g/mol. The van der Waals surface area contributed by atoms with Gasteiger partial charge in [0.1, 0.15) is 0 Å². The summed E-state index contributed by atoms with van der Waals surface area (Å²) in [6, 6.07) is 0. The molecule has 0 fully saturated rings. The molecule has 0 heterocycles. The van der Waals surface area contributed by atoms with E-state index >= 15 is 0 Å². The van der Waals surface area contributed by atoms with Gasteiger partial charge in [-0.3, -0.25) is 9.59 Å². The Morgan fingerprint density at radius 3 is 1.20 bits per heavy atom. The normalized spacial score (nSPS) is 9.36. The van der Waals surface area contributed by atoms with Crippen LogP contribution in [-0.2, 0) is 23.9 Å². The van der Waals surface area contributed by atoms with Gasteiger partial charge < -0.3 is 35.4 Å². The highest BCUT2D eigenvalue weighted by Crippen LogP contribution is 1.98. The molecule has 0 rings (SSSR count). The fourth-order valence-corrected chi connectivity index (χ4v) is 0.926. The highest BCUT2D eigenvalue weighted by Gasteiger charge is 1.99. The van der Waals surface area contributed by atoms with Crippen molar-refractivity contribution in [1.82, 2.24) is 0 Å². The standard InChI is InChI=1S/C6H10O4.C4H4O4.C4H10O3/c7-5(8)3-1-2-4-6(9)10;5-3(6)1-2-4(7)8;5-1-3-7-4-2-6/h1-4H2,(H,7,8)(H,9,10);1-2H,(H,5,6)(H,7,8);5-6H,1-4H2. The minimum atomic E-state index is -1.26. The molecule has 0 spiro atoms. The Bertz CT molecular complexity index is 368. The molecule has 0 aliphatic rings. The van der Waals surface area contributed by atoms with E-state index in [4.69, 9.17) is 30.6 Å². The number of unbranched alkanes of at least 4 members (excludes halogenated alkanes) is 1. The van der Waals surface area contributed by atoms with Crippen LogP contribution in [0.2, 0.25) is 0 Å². The van der Waals surface area contributed by atoms with Crippen LogP contribution < -0.4 is 0 Å². The first-order valence-corrected chi connectivity index (χ1v) is 7.04. The molecule has 0 saturated carbocycles. The van der Waals surface area contributed by atoms with Gasteiger partial charge in [-0.15, -0.1) is 0 Å². The van der Waals surface area contributed by atoms with Gasteiger partial charge in [-0.05, 0) is 12.8 Å². The first-order chi connectivity index (χ1) is 11.7. The maximum absolute atomic E-state index is 9.90. The number of carboxylic acid groups (broad SMARTS) is 4. The molecular weight excluding hydrogens is 344 g/mol. The maximum atomic E-state index is 9.90. The summed E-state index contributed by atoms with van der Waals surface area (Å²) < 4.78 is 4.63. The van der Waals surface area contributed by atoms with Crippen LogP contribution in [0.3, 0.4) is 0 Å². The second-order valence-corrected chi connectivity index (χ2v) is 4.06. The van der Waals surface area contributed by atoms with E-state index in [0.717, 1.165) is 0 Å². The Kier molecular flexibility index (Phi) is 23.5. The molecule has 0 aromatic heterocycles. The molecule has 25 heavy (non-hydrogen) atoms. The summed E-state index contributed by atoms with van der Waals surface area (Å²) in [6.45, 7) is 0.696. The molecule has 11 heteroatoms. The summed E-state index contributed by atoms with van der Waals surface area (Å²) >= 11 is 0. The molecule has 146 valence electrons. The predicted molar refractivity (Wildman–Crippen MR) is 83.1 cm³/mol. The highest BCUT2D eigenvalue weighted by molar-refractivity contribution is 5.89. The van der Waals surface area contributed by atoms with Gasteiger partial charge in [-0.25, -0.2) is 9.59 Å². The van der Waals surface area contributed by atoms with Gasteiger partial charge in [0, 0.05) is 25.0 Å². The second kappa shape index (κ2) is 21.5. The van der Waals surface area contributed by atoms with E-state index in [-0.39, 0.29) is 26.1 Å².